The minimum atomic E-state index is -0.535. The van der Waals surface area contributed by atoms with Gasteiger partial charge in [-0.1, -0.05) is 18.2 Å². The lowest BCUT2D eigenvalue weighted by atomic mass is 10.0. The van der Waals surface area contributed by atoms with Crippen molar-refractivity contribution < 1.29 is 23.7 Å². The molecule has 1 aliphatic rings. The number of hydrazone groups is 1. The second-order valence-corrected chi connectivity index (χ2v) is 8.48. The minimum Gasteiger partial charge on any atom is -0.459 e. The zero-order valence-corrected chi connectivity index (χ0v) is 19.1. The summed E-state index contributed by atoms with van der Waals surface area (Å²) in [4.78, 5) is 39.4. The van der Waals surface area contributed by atoms with Gasteiger partial charge in [0, 0.05) is 32.2 Å². The SMILES string of the molecule is COCCN(CC(=O)N1N=C(c2cccs2)C[C@@H]1c1cccc([N+](=O)[O-])c1)C(=O)c1ccco1. The van der Waals surface area contributed by atoms with Gasteiger partial charge in [0.25, 0.3) is 17.5 Å². The molecule has 1 atom stereocenters. The molecule has 0 bridgehead atoms. The summed E-state index contributed by atoms with van der Waals surface area (Å²) >= 11 is 1.50. The number of thiophene rings is 1. The third-order valence-electron chi connectivity index (χ3n) is 5.35. The van der Waals surface area contributed by atoms with Gasteiger partial charge in [-0.25, -0.2) is 5.01 Å². The molecule has 1 aliphatic heterocycles. The van der Waals surface area contributed by atoms with Gasteiger partial charge in [0.15, 0.2) is 5.76 Å². The van der Waals surface area contributed by atoms with E-state index in [-0.39, 0.29) is 31.1 Å². The summed E-state index contributed by atoms with van der Waals surface area (Å²) in [5.74, 6) is -0.744. The lowest BCUT2D eigenvalue weighted by molar-refractivity contribution is -0.385. The number of nitro benzene ring substituents is 1. The molecule has 10 nitrogen and oxygen atoms in total. The summed E-state index contributed by atoms with van der Waals surface area (Å²) in [6.07, 6.45) is 1.79. The number of furan rings is 1. The van der Waals surface area contributed by atoms with Crippen molar-refractivity contribution in [2.24, 2.45) is 5.10 Å². The number of methoxy groups -OCH3 is 1. The van der Waals surface area contributed by atoms with E-state index in [0.29, 0.717) is 17.7 Å². The fourth-order valence-corrected chi connectivity index (χ4v) is 4.40. The molecule has 0 unspecified atom stereocenters. The Hall–Kier alpha value is -3.83. The summed E-state index contributed by atoms with van der Waals surface area (Å²) in [6, 6.07) is 12.6. The number of rotatable bonds is 9. The van der Waals surface area contributed by atoms with Gasteiger partial charge in [-0.05, 0) is 29.1 Å². The maximum atomic E-state index is 13.4. The van der Waals surface area contributed by atoms with Crippen LogP contribution in [0.3, 0.4) is 0 Å². The lowest BCUT2D eigenvalue weighted by Crippen LogP contribution is -2.42. The van der Waals surface area contributed by atoms with Crippen LogP contribution in [0.2, 0.25) is 0 Å². The quantitative estimate of drug-likeness (QED) is 0.339. The molecule has 1 aromatic carbocycles. The number of hydrogen-bond donors (Lipinski definition) is 0. The Morgan fingerprint density at radius 2 is 2.15 bits per heavy atom. The topological polar surface area (TPSA) is 118 Å². The van der Waals surface area contributed by atoms with Crippen molar-refractivity contribution in [3.63, 3.8) is 0 Å². The molecule has 2 aromatic heterocycles. The van der Waals surface area contributed by atoms with Gasteiger partial charge in [-0.3, -0.25) is 19.7 Å². The molecule has 3 heterocycles. The minimum absolute atomic E-state index is 0.0656. The van der Waals surface area contributed by atoms with Gasteiger partial charge in [0.2, 0.25) is 0 Å². The van der Waals surface area contributed by atoms with E-state index in [1.54, 1.807) is 18.2 Å². The van der Waals surface area contributed by atoms with E-state index in [1.165, 1.54) is 52.8 Å². The fourth-order valence-electron chi connectivity index (χ4n) is 3.68. The van der Waals surface area contributed by atoms with Crippen molar-refractivity contribution in [2.75, 3.05) is 26.8 Å². The van der Waals surface area contributed by atoms with Crippen molar-refractivity contribution in [3.8, 4) is 0 Å². The number of ether oxygens (including phenoxy) is 1. The highest BCUT2D eigenvalue weighted by molar-refractivity contribution is 7.12. The van der Waals surface area contributed by atoms with E-state index in [0.717, 1.165) is 4.88 Å². The molecule has 0 N–H and O–H groups in total. The van der Waals surface area contributed by atoms with Crippen LogP contribution in [0, 0.1) is 10.1 Å². The van der Waals surface area contributed by atoms with Crippen LogP contribution in [0.15, 0.2) is 69.7 Å². The van der Waals surface area contributed by atoms with Gasteiger partial charge in [0.1, 0.15) is 6.54 Å². The first-order valence-electron chi connectivity index (χ1n) is 10.5. The number of carbonyl (C=O) groups is 2. The largest absolute Gasteiger partial charge is 0.459 e. The van der Waals surface area contributed by atoms with Gasteiger partial charge < -0.3 is 14.1 Å². The summed E-state index contributed by atoms with van der Waals surface area (Å²) in [7, 11) is 1.51. The molecule has 3 aromatic rings. The van der Waals surface area contributed by atoms with Crippen LogP contribution in [-0.4, -0.2) is 59.2 Å². The number of benzene rings is 1. The number of carbonyl (C=O) groups excluding carboxylic acids is 2. The zero-order chi connectivity index (χ0) is 24.1. The molecule has 0 saturated heterocycles. The summed E-state index contributed by atoms with van der Waals surface area (Å²) < 4.78 is 10.3. The van der Waals surface area contributed by atoms with E-state index in [4.69, 9.17) is 9.15 Å². The highest BCUT2D eigenvalue weighted by Gasteiger charge is 2.35. The Morgan fingerprint density at radius 1 is 1.29 bits per heavy atom. The second-order valence-electron chi connectivity index (χ2n) is 7.53. The average Bonchev–Trinajstić information content (AvgIpc) is 3.62. The number of amides is 2. The van der Waals surface area contributed by atoms with Crippen LogP contribution in [0.1, 0.15) is 33.5 Å². The molecule has 0 radical (unpaired) electrons. The molecular formula is C23H22N4O6S. The molecular weight excluding hydrogens is 460 g/mol. The molecule has 176 valence electrons. The Labute approximate surface area is 199 Å². The van der Waals surface area contributed by atoms with Crippen LogP contribution in [0.5, 0.6) is 0 Å². The number of hydrogen-bond acceptors (Lipinski definition) is 8. The van der Waals surface area contributed by atoms with Crippen molar-refractivity contribution in [3.05, 3.63) is 86.5 Å². The van der Waals surface area contributed by atoms with Crippen LogP contribution in [-0.2, 0) is 9.53 Å². The second kappa shape index (κ2) is 10.4. The molecule has 11 heteroatoms. The highest BCUT2D eigenvalue weighted by atomic mass is 32.1. The van der Waals surface area contributed by atoms with Gasteiger partial charge >= 0.3 is 0 Å². The summed E-state index contributed by atoms with van der Waals surface area (Å²) in [5.41, 5.74) is 1.24. The third-order valence-corrected chi connectivity index (χ3v) is 6.27. The molecule has 4 rings (SSSR count). The lowest BCUT2D eigenvalue weighted by Gasteiger charge is -2.26. The molecule has 0 fully saturated rings. The van der Waals surface area contributed by atoms with Crippen molar-refractivity contribution in [1.29, 1.82) is 0 Å². The van der Waals surface area contributed by atoms with Crippen molar-refractivity contribution in [2.45, 2.75) is 12.5 Å². The van der Waals surface area contributed by atoms with Crippen LogP contribution in [0.25, 0.3) is 0 Å². The first-order valence-corrected chi connectivity index (χ1v) is 11.4. The molecule has 34 heavy (non-hydrogen) atoms. The monoisotopic (exact) mass is 482 g/mol. The standard InChI is InChI=1S/C23H22N4O6S/c1-32-11-9-25(23(29)20-7-3-10-33-20)15-22(28)26-19(14-18(24-26)21-8-4-12-34-21)16-5-2-6-17(13-16)27(30)31/h2-8,10,12-13,19H,9,11,14-15H2,1H3/t19-/m1/s1. The fraction of sp³-hybridized carbons (Fsp3) is 0.261. The van der Waals surface area contributed by atoms with Gasteiger partial charge in [0.05, 0.1) is 34.4 Å². The maximum Gasteiger partial charge on any atom is 0.290 e. The van der Waals surface area contributed by atoms with E-state index in [1.807, 2.05) is 17.5 Å². The van der Waals surface area contributed by atoms with Crippen molar-refractivity contribution >= 4 is 34.6 Å². The molecule has 2 amide bonds. The Kier molecular flexibility index (Phi) is 7.14. The maximum absolute atomic E-state index is 13.4. The Bertz CT molecular complexity index is 1190. The van der Waals surface area contributed by atoms with E-state index >= 15 is 0 Å². The number of nitro groups is 1. The molecule has 0 spiro atoms. The predicted octanol–water partition coefficient (Wildman–Crippen LogP) is 3.72. The van der Waals surface area contributed by atoms with Crippen LogP contribution < -0.4 is 0 Å². The first kappa shape index (κ1) is 23.3. The summed E-state index contributed by atoms with van der Waals surface area (Å²) in [6.45, 7) is 0.159. The van der Waals surface area contributed by atoms with Gasteiger partial charge in [-0.2, -0.15) is 5.10 Å². The normalized spacial score (nSPS) is 15.3. The van der Waals surface area contributed by atoms with Crippen LogP contribution in [0.4, 0.5) is 5.69 Å². The molecule has 0 saturated carbocycles. The Balaban J connectivity index is 1.62. The highest BCUT2D eigenvalue weighted by Crippen LogP contribution is 2.35. The van der Waals surface area contributed by atoms with Crippen LogP contribution >= 0.6 is 11.3 Å². The predicted molar refractivity (Wildman–Crippen MR) is 125 cm³/mol. The zero-order valence-electron chi connectivity index (χ0n) is 18.3. The van der Waals surface area contributed by atoms with E-state index < -0.39 is 22.8 Å². The Morgan fingerprint density at radius 3 is 2.82 bits per heavy atom. The smallest absolute Gasteiger partial charge is 0.290 e. The van der Waals surface area contributed by atoms with Gasteiger partial charge in [-0.15, -0.1) is 11.3 Å². The number of nitrogens with zero attached hydrogens (tertiary/aromatic N) is 4. The van der Waals surface area contributed by atoms with E-state index in [2.05, 4.69) is 5.10 Å². The number of non-ortho nitro benzene ring substituents is 1. The average molecular weight is 483 g/mol. The van der Waals surface area contributed by atoms with Crippen molar-refractivity contribution in [1.82, 2.24) is 9.91 Å². The summed E-state index contributed by atoms with van der Waals surface area (Å²) in [5, 5.41) is 19.1. The molecule has 0 aliphatic carbocycles. The first-order chi connectivity index (χ1) is 16.5. The van der Waals surface area contributed by atoms with E-state index in [9.17, 15) is 19.7 Å². The third kappa shape index (κ3) is 5.05.